The van der Waals surface area contributed by atoms with Gasteiger partial charge in [0.05, 0.1) is 10.7 Å². The van der Waals surface area contributed by atoms with Crippen molar-refractivity contribution in [3.63, 3.8) is 0 Å². The van der Waals surface area contributed by atoms with Crippen molar-refractivity contribution in [1.29, 1.82) is 0 Å². The highest BCUT2D eigenvalue weighted by Crippen LogP contribution is 2.28. The summed E-state index contributed by atoms with van der Waals surface area (Å²) in [5.41, 5.74) is 1.07. The van der Waals surface area contributed by atoms with Crippen molar-refractivity contribution in [2.75, 3.05) is 5.32 Å². The van der Waals surface area contributed by atoms with Crippen LogP contribution in [0.3, 0.4) is 0 Å². The maximum atomic E-state index is 6.20. The molecule has 1 aromatic rings. The molecule has 1 aliphatic rings. The molecule has 1 saturated carbocycles. The Labute approximate surface area is 111 Å². The quantitative estimate of drug-likeness (QED) is 0.737. The minimum atomic E-state index is 0.598. The molecule has 1 aromatic carbocycles. The summed E-state index contributed by atoms with van der Waals surface area (Å²) in [5, 5.41) is 4.37. The van der Waals surface area contributed by atoms with Crippen molar-refractivity contribution in [3.05, 3.63) is 27.7 Å². The van der Waals surface area contributed by atoms with Crippen molar-refractivity contribution in [1.82, 2.24) is 0 Å². The maximum absolute atomic E-state index is 6.20. The predicted molar refractivity (Wildman–Crippen MR) is 74.3 cm³/mol. The monoisotopic (exact) mass is 301 g/mol. The molecule has 0 bridgehead atoms. The number of rotatable bonds is 2. The molecular formula is C13H17BrClN. The smallest absolute Gasteiger partial charge is 0.0648 e. The first kappa shape index (κ1) is 12.3. The zero-order chi connectivity index (χ0) is 11.4. The summed E-state index contributed by atoms with van der Waals surface area (Å²) >= 11 is 9.62. The largest absolute Gasteiger partial charge is 0.381 e. The molecule has 0 amide bonds. The first-order valence-corrected chi connectivity index (χ1v) is 7.14. The Bertz CT molecular complexity index is 346. The van der Waals surface area contributed by atoms with E-state index >= 15 is 0 Å². The van der Waals surface area contributed by atoms with Crippen LogP contribution < -0.4 is 5.32 Å². The summed E-state index contributed by atoms with van der Waals surface area (Å²) in [7, 11) is 0. The molecule has 1 aliphatic carbocycles. The predicted octanol–water partition coefficient (Wildman–Crippen LogP) is 5.24. The van der Waals surface area contributed by atoms with Gasteiger partial charge in [0.1, 0.15) is 0 Å². The molecule has 2 rings (SSSR count). The Hall–Kier alpha value is -0.210. The molecule has 0 aromatic heterocycles. The van der Waals surface area contributed by atoms with E-state index in [1.807, 2.05) is 12.1 Å². The van der Waals surface area contributed by atoms with Gasteiger partial charge in [-0.15, -0.1) is 0 Å². The summed E-state index contributed by atoms with van der Waals surface area (Å²) in [6, 6.07) is 6.63. The molecule has 0 unspecified atom stereocenters. The Morgan fingerprint density at radius 1 is 1.12 bits per heavy atom. The van der Waals surface area contributed by atoms with Crippen LogP contribution in [-0.2, 0) is 0 Å². The number of nitrogens with one attached hydrogen (secondary N) is 1. The normalized spacial score (nSPS) is 18.1. The maximum Gasteiger partial charge on any atom is 0.0648 e. The van der Waals surface area contributed by atoms with Gasteiger partial charge in [-0.2, -0.15) is 0 Å². The fourth-order valence-corrected chi connectivity index (χ4v) is 2.98. The van der Waals surface area contributed by atoms with E-state index in [1.54, 1.807) is 0 Å². The van der Waals surface area contributed by atoms with Gasteiger partial charge in [0.25, 0.3) is 0 Å². The van der Waals surface area contributed by atoms with E-state index in [4.69, 9.17) is 11.6 Å². The van der Waals surface area contributed by atoms with Gasteiger partial charge in [-0.05, 0) is 31.0 Å². The van der Waals surface area contributed by atoms with Gasteiger partial charge in [-0.25, -0.2) is 0 Å². The first-order valence-electron chi connectivity index (χ1n) is 5.97. The lowest BCUT2D eigenvalue weighted by molar-refractivity contribution is 0.620. The summed E-state index contributed by atoms with van der Waals surface area (Å²) < 4.78 is 1.03. The zero-order valence-electron chi connectivity index (χ0n) is 9.31. The van der Waals surface area contributed by atoms with E-state index in [0.29, 0.717) is 6.04 Å². The van der Waals surface area contributed by atoms with E-state index in [2.05, 4.69) is 27.3 Å². The molecule has 0 radical (unpaired) electrons. The lowest BCUT2D eigenvalue weighted by Gasteiger charge is -2.18. The van der Waals surface area contributed by atoms with Crippen molar-refractivity contribution in [2.24, 2.45) is 0 Å². The molecule has 88 valence electrons. The van der Waals surface area contributed by atoms with E-state index < -0.39 is 0 Å². The second-order valence-corrected chi connectivity index (χ2v) is 5.78. The number of hydrogen-bond acceptors (Lipinski definition) is 1. The van der Waals surface area contributed by atoms with Gasteiger partial charge in [0.15, 0.2) is 0 Å². The highest BCUT2D eigenvalue weighted by Gasteiger charge is 2.13. The van der Waals surface area contributed by atoms with Crippen LogP contribution in [0.25, 0.3) is 0 Å². The van der Waals surface area contributed by atoms with Gasteiger partial charge in [0.2, 0.25) is 0 Å². The third-order valence-electron chi connectivity index (χ3n) is 3.15. The molecule has 0 spiro atoms. The summed E-state index contributed by atoms with van der Waals surface area (Å²) in [6.45, 7) is 0. The number of hydrogen-bond donors (Lipinski definition) is 1. The average molecular weight is 303 g/mol. The Kier molecular flexibility index (Phi) is 4.54. The molecular weight excluding hydrogens is 286 g/mol. The number of benzene rings is 1. The Morgan fingerprint density at radius 2 is 1.81 bits per heavy atom. The Morgan fingerprint density at radius 3 is 2.44 bits per heavy atom. The molecule has 1 fully saturated rings. The highest BCUT2D eigenvalue weighted by atomic mass is 79.9. The molecule has 3 heteroatoms. The van der Waals surface area contributed by atoms with Crippen LogP contribution in [0, 0.1) is 0 Å². The number of halogens is 2. The SMILES string of the molecule is Clc1cc(Br)ccc1NC1CCCCCC1. The van der Waals surface area contributed by atoms with E-state index in [1.165, 1.54) is 38.5 Å². The molecule has 0 saturated heterocycles. The molecule has 1 nitrogen and oxygen atoms in total. The topological polar surface area (TPSA) is 12.0 Å². The molecule has 0 heterocycles. The summed E-state index contributed by atoms with van der Waals surface area (Å²) in [5.74, 6) is 0. The molecule has 16 heavy (non-hydrogen) atoms. The van der Waals surface area contributed by atoms with E-state index in [0.717, 1.165) is 15.2 Å². The van der Waals surface area contributed by atoms with Crippen LogP contribution >= 0.6 is 27.5 Å². The van der Waals surface area contributed by atoms with Crippen molar-refractivity contribution in [2.45, 2.75) is 44.6 Å². The Balaban J connectivity index is 2.01. The third kappa shape index (κ3) is 3.39. The van der Waals surface area contributed by atoms with Gasteiger partial charge in [-0.1, -0.05) is 53.2 Å². The minimum Gasteiger partial charge on any atom is -0.381 e. The van der Waals surface area contributed by atoms with E-state index in [-0.39, 0.29) is 0 Å². The standard InChI is InChI=1S/C13H17BrClN/c14-10-7-8-13(12(15)9-10)16-11-5-3-1-2-4-6-11/h7-9,11,16H,1-6H2. The second kappa shape index (κ2) is 5.92. The van der Waals surface area contributed by atoms with Crippen LogP contribution in [0.5, 0.6) is 0 Å². The lowest BCUT2D eigenvalue weighted by atomic mass is 10.1. The van der Waals surface area contributed by atoms with Crippen LogP contribution in [-0.4, -0.2) is 6.04 Å². The average Bonchev–Trinajstić information content (AvgIpc) is 2.51. The highest BCUT2D eigenvalue weighted by molar-refractivity contribution is 9.10. The fraction of sp³-hybridized carbons (Fsp3) is 0.538. The molecule has 0 atom stereocenters. The third-order valence-corrected chi connectivity index (χ3v) is 3.95. The fourth-order valence-electron chi connectivity index (χ4n) is 2.25. The second-order valence-electron chi connectivity index (χ2n) is 4.46. The van der Waals surface area contributed by atoms with Gasteiger partial charge >= 0.3 is 0 Å². The summed E-state index contributed by atoms with van der Waals surface area (Å²) in [6.07, 6.45) is 7.98. The van der Waals surface area contributed by atoms with Crippen LogP contribution in [0.1, 0.15) is 38.5 Å². The van der Waals surface area contributed by atoms with Crippen LogP contribution in [0.4, 0.5) is 5.69 Å². The minimum absolute atomic E-state index is 0.598. The number of anilines is 1. The van der Waals surface area contributed by atoms with Crippen molar-refractivity contribution in [3.8, 4) is 0 Å². The van der Waals surface area contributed by atoms with Crippen molar-refractivity contribution >= 4 is 33.2 Å². The van der Waals surface area contributed by atoms with E-state index in [9.17, 15) is 0 Å². The zero-order valence-corrected chi connectivity index (χ0v) is 11.6. The summed E-state index contributed by atoms with van der Waals surface area (Å²) in [4.78, 5) is 0. The van der Waals surface area contributed by atoms with Crippen LogP contribution in [0.15, 0.2) is 22.7 Å². The first-order chi connectivity index (χ1) is 7.75. The van der Waals surface area contributed by atoms with Gasteiger partial charge in [0, 0.05) is 10.5 Å². The van der Waals surface area contributed by atoms with Crippen LogP contribution in [0.2, 0.25) is 5.02 Å². The van der Waals surface area contributed by atoms with Gasteiger partial charge in [-0.3, -0.25) is 0 Å². The molecule has 0 aliphatic heterocycles. The van der Waals surface area contributed by atoms with Crippen molar-refractivity contribution < 1.29 is 0 Å². The molecule has 1 N–H and O–H groups in total. The lowest BCUT2D eigenvalue weighted by Crippen LogP contribution is -2.18. The van der Waals surface area contributed by atoms with Gasteiger partial charge < -0.3 is 5.32 Å².